The highest BCUT2D eigenvalue weighted by Gasteiger charge is 1.90. The fourth-order valence-electron chi connectivity index (χ4n) is 2.01. The van der Waals surface area contributed by atoms with Gasteiger partial charge in [0.25, 0.3) is 0 Å². The fraction of sp³-hybridized carbons (Fsp3) is 0.611. The smallest absolute Gasteiger partial charge is 0.328 e. The minimum absolute atomic E-state index is 0.909. The molecule has 0 unspecified atom stereocenters. The van der Waals surface area contributed by atoms with Gasteiger partial charge >= 0.3 is 5.97 Å². The Morgan fingerprint density at radius 2 is 1.35 bits per heavy atom. The summed E-state index contributed by atoms with van der Waals surface area (Å²) in [6.07, 6.45) is 23.7. The van der Waals surface area contributed by atoms with Crippen molar-refractivity contribution in [2.75, 3.05) is 0 Å². The molecule has 0 aliphatic rings. The average molecular weight is 278 g/mol. The van der Waals surface area contributed by atoms with Crippen LogP contribution in [0.5, 0.6) is 0 Å². The van der Waals surface area contributed by atoms with Crippen LogP contribution in [0.2, 0.25) is 0 Å². The minimum atomic E-state index is -0.909. The van der Waals surface area contributed by atoms with Crippen LogP contribution in [0.3, 0.4) is 0 Å². The molecule has 1 N–H and O–H groups in total. The van der Waals surface area contributed by atoms with Crippen LogP contribution in [0.4, 0.5) is 0 Å². The molecule has 0 fully saturated rings. The summed E-state index contributed by atoms with van der Waals surface area (Å²) < 4.78 is 0. The molecule has 20 heavy (non-hydrogen) atoms. The first kappa shape index (κ1) is 18.7. The standard InChI is InChI=1S/C18H30O2/c1-2-3-4-5-6-7-8-9-10-11-12-13-14-15-16-17-18(19)20/h12-17H,2-11H2,1H3,(H,19,20)/b13-12-,15-14-,17-16-. The van der Waals surface area contributed by atoms with E-state index < -0.39 is 5.97 Å². The highest BCUT2D eigenvalue weighted by molar-refractivity contribution is 5.80. The third-order valence-electron chi connectivity index (χ3n) is 3.18. The van der Waals surface area contributed by atoms with E-state index in [1.165, 1.54) is 63.9 Å². The maximum absolute atomic E-state index is 10.2. The van der Waals surface area contributed by atoms with Gasteiger partial charge in [0.1, 0.15) is 0 Å². The molecule has 0 aromatic carbocycles. The number of aliphatic carboxylic acids is 1. The Kier molecular flexibility index (Phi) is 14.7. The summed E-state index contributed by atoms with van der Waals surface area (Å²) in [4.78, 5) is 10.2. The normalized spacial score (nSPS) is 12.1. The lowest BCUT2D eigenvalue weighted by Gasteiger charge is -2.00. The second-order valence-corrected chi connectivity index (χ2v) is 5.13. The van der Waals surface area contributed by atoms with Crippen molar-refractivity contribution in [2.45, 2.75) is 71.1 Å². The topological polar surface area (TPSA) is 37.3 Å². The van der Waals surface area contributed by atoms with Gasteiger partial charge in [0.2, 0.25) is 0 Å². The van der Waals surface area contributed by atoms with Crippen molar-refractivity contribution in [3.63, 3.8) is 0 Å². The zero-order valence-electron chi connectivity index (χ0n) is 12.9. The van der Waals surface area contributed by atoms with Crippen LogP contribution in [-0.2, 0) is 4.79 Å². The first-order valence-electron chi connectivity index (χ1n) is 8.00. The van der Waals surface area contributed by atoms with Gasteiger partial charge in [-0.05, 0) is 12.8 Å². The van der Waals surface area contributed by atoms with Crippen molar-refractivity contribution < 1.29 is 9.90 Å². The summed E-state index contributed by atoms with van der Waals surface area (Å²) in [5.74, 6) is -0.909. The minimum Gasteiger partial charge on any atom is -0.478 e. The van der Waals surface area contributed by atoms with Crippen LogP contribution in [0, 0.1) is 0 Å². The largest absolute Gasteiger partial charge is 0.478 e. The molecule has 0 saturated heterocycles. The van der Waals surface area contributed by atoms with Crippen molar-refractivity contribution in [3.05, 3.63) is 36.5 Å². The van der Waals surface area contributed by atoms with E-state index >= 15 is 0 Å². The van der Waals surface area contributed by atoms with Crippen LogP contribution in [0.25, 0.3) is 0 Å². The monoisotopic (exact) mass is 278 g/mol. The predicted molar refractivity (Wildman–Crippen MR) is 86.9 cm³/mol. The summed E-state index contributed by atoms with van der Waals surface area (Å²) >= 11 is 0. The van der Waals surface area contributed by atoms with Gasteiger partial charge in [-0.1, -0.05) is 88.7 Å². The molecule has 114 valence electrons. The fourth-order valence-corrected chi connectivity index (χ4v) is 2.01. The van der Waals surface area contributed by atoms with E-state index in [0.29, 0.717) is 0 Å². The quantitative estimate of drug-likeness (QED) is 0.268. The number of rotatable bonds is 13. The lowest BCUT2D eigenvalue weighted by atomic mass is 10.1. The first-order chi connectivity index (χ1) is 9.77. The molecule has 0 rings (SSSR count). The summed E-state index contributed by atoms with van der Waals surface area (Å²) in [5, 5.41) is 8.38. The lowest BCUT2D eigenvalue weighted by molar-refractivity contribution is -0.131. The summed E-state index contributed by atoms with van der Waals surface area (Å²) in [6.45, 7) is 2.26. The van der Waals surface area contributed by atoms with E-state index in [1.807, 2.05) is 12.2 Å². The second-order valence-electron chi connectivity index (χ2n) is 5.13. The maximum atomic E-state index is 10.2. The molecule has 2 nitrogen and oxygen atoms in total. The molecule has 0 bridgehead atoms. The lowest BCUT2D eigenvalue weighted by Crippen LogP contribution is -1.84. The van der Waals surface area contributed by atoms with Crippen molar-refractivity contribution in [1.82, 2.24) is 0 Å². The van der Waals surface area contributed by atoms with E-state index in [9.17, 15) is 4.79 Å². The maximum Gasteiger partial charge on any atom is 0.328 e. The molecule has 0 spiro atoms. The van der Waals surface area contributed by atoms with E-state index in [4.69, 9.17) is 5.11 Å². The van der Waals surface area contributed by atoms with Gasteiger partial charge in [0, 0.05) is 6.08 Å². The van der Waals surface area contributed by atoms with E-state index in [0.717, 1.165) is 12.5 Å². The Bertz CT molecular complexity index is 301. The third kappa shape index (κ3) is 16.7. The van der Waals surface area contributed by atoms with Gasteiger partial charge in [0.05, 0.1) is 0 Å². The Morgan fingerprint density at radius 3 is 1.95 bits per heavy atom. The van der Waals surface area contributed by atoms with Gasteiger partial charge in [-0.15, -0.1) is 0 Å². The molecule has 0 atom stereocenters. The molecular weight excluding hydrogens is 248 g/mol. The van der Waals surface area contributed by atoms with E-state index in [-0.39, 0.29) is 0 Å². The highest BCUT2D eigenvalue weighted by atomic mass is 16.4. The number of unbranched alkanes of at least 4 members (excludes halogenated alkanes) is 9. The van der Waals surface area contributed by atoms with E-state index in [2.05, 4.69) is 13.0 Å². The summed E-state index contributed by atoms with van der Waals surface area (Å²) in [5.41, 5.74) is 0. The average Bonchev–Trinajstić information content (AvgIpc) is 2.43. The Balaban J connectivity index is 3.25. The van der Waals surface area contributed by atoms with Crippen LogP contribution >= 0.6 is 0 Å². The van der Waals surface area contributed by atoms with Gasteiger partial charge in [-0.2, -0.15) is 0 Å². The van der Waals surface area contributed by atoms with Crippen LogP contribution < -0.4 is 0 Å². The SMILES string of the molecule is CCCCCCCCCCC\C=C/C=C\C=C/C(=O)O. The summed E-state index contributed by atoms with van der Waals surface area (Å²) in [6, 6.07) is 0. The molecule has 2 heteroatoms. The zero-order chi connectivity index (χ0) is 14.9. The zero-order valence-corrected chi connectivity index (χ0v) is 12.9. The molecule has 0 heterocycles. The third-order valence-corrected chi connectivity index (χ3v) is 3.18. The Labute approximate surface area is 124 Å². The molecule has 0 aliphatic heterocycles. The number of carboxylic acid groups (broad SMARTS) is 1. The number of carboxylic acids is 1. The number of hydrogen-bond acceptors (Lipinski definition) is 1. The highest BCUT2D eigenvalue weighted by Crippen LogP contribution is 2.10. The van der Waals surface area contributed by atoms with Crippen molar-refractivity contribution in [2.24, 2.45) is 0 Å². The van der Waals surface area contributed by atoms with Crippen molar-refractivity contribution >= 4 is 5.97 Å². The Hall–Kier alpha value is -1.31. The van der Waals surface area contributed by atoms with Crippen LogP contribution in [-0.4, -0.2) is 11.1 Å². The second kappa shape index (κ2) is 15.7. The molecule has 0 radical (unpaired) electrons. The van der Waals surface area contributed by atoms with Gasteiger partial charge in [-0.3, -0.25) is 0 Å². The van der Waals surface area contributed by atoms with Crippen LogP contribution in [0.1, 0.15) is 71.1 Å². The molecular formula is C18H30O2. The first-order valence-corrected chi connectivity index (χ1v) is 8.00. The number of hydrogen-bond donors (Lipinski definition) is 1. The van der Waals surface area contributed by atoms with E-state index in [1.54, 1.807) is 6.08 Å². The molecule has 0 aliphatic carbocycles. The molecule has 0 saturated carbocycles. The van der Waals surface area contributed by atoms with Crippen molar-refractivity contribution in [3.8, 4) is 0 Å². The van der Waals surface area contributed by atoms with Crippen LogP contribution in [0.15, 0.2) is 36.5 Å². The van der Waals surface area contributed by atoms with Gasteiger partial charge in [0.15, 0.2) is 0 Å². The van der Waals surface area contributed by atoms with Gasteiger partial charge < -0.3 is 5.11 Å². The number of carbonyl (C=O) groups is 1. The molecule has 0 amide bonds. The number of allylic oxidation sites excluding steroid dienone is 5. The van der Waals surface area contributed by atoms with Gasteiger partial charge in [-0.25, -0.2) is 4.79 Å². The molecule has 0 aromatic heterocycles. The van der Waals surface area contributed by atoms with Crippen molar-refractivity contribution in [1.29, 1.82) is 0 Å². The summed E-state index contributed by atoms with van der Waals surface area (Å²) in [7, 11) is 0. The predicted octanol–water partition coefficient (Wildman–Crippen LogP) is 5.66. The Morgan fingerprint density at radius 1 is 0.800 bits per heavy atom. The molecule has 0 aromatic rings.